The van der Waals surface area contributed by atoms with Gasteiger partial charge in [-0.2, -0.15) is 0 Å². The molecule has 0 aliphatic carbocycles. The molecule has 1 aromatic rings. The van der Waals surface area contributed by atoms with Crippen LogP contribution in [0.3, 0.4) is 0 Å². The second-order valence-electron chi connectivity index (χ2n) is 4.22. The molecule has 0 radical (unpaired) electrons. The zero-order chi connectivity index (χ0) is 12.1. The van der Waals surface area contributed by atoms with E-state index in [0.717, 1.165) is 5.69 Å². The Morgan fingerprint density at radius 1 is 1.44 bits per heavy atom. The van der Waals surface area contributed by atoms with Crippen LogP contribution in [0.1, 0.15) is 6.92 Å². The molecule has 0 aliphatic heterocycles. The van der Waals surface area contributed by atoms with E-state index in [1.54, 1.807) is 0 Å². The van der Waals surface area contributed by atoms with Gasteiger partial charge in [-0.3, -0.25) is 0 Å². The third kappa shape index (κ3) is 3.31. The van der Waals surface area contributed by atoms with Crippen molar-refractivity contribution in [1.82, 2.24) is 0 Å². The first-order valence-corrected chi connectivity index (χ1v) is 5.35. The zero-order valence-corrected chi connectivity index (χ0v) is 10.1. The van der Waals surface area contributed by atoms with Crippen LogP contribution in [-0.4, -0.2) is 32.4 Å². The van der Waals surface area contributed by atoms with Gasteiger partial charge in [-0.25, -0.2) is 0 Å². The molecule has 1 unspecified atom stereocenters. The Hall–Kier alpha value is -1.42. The number of nitrogen functional groups attached to an aromatic ring is 1. The van der Waals surface area contributed by atoms with E-state index in [2.05, 4.69) is 0 Å². The number of ether oxygens (including phenoxy) is 1. The number of hydrogen-bond acceptors (Lipinski definition) is 4. The van der Waals surface area contributed by atoms with Gasteiger partial charge in [-0.15, -0.1) is 0 Å². The van der Waals surface area contributed by atoms with Crippen LogP contribution in [0.4, 0.5) is 11.4 Å². The maximum atomic E-state index is 8.91. The molecule has 1 rings (SSSR count). The van der Waals surface area contributed by atoms with E-state index in [1.165, 1.54) is 0 Å². The number of nitrogens with zero attached hydrogens (tertiary/aromatic N) is 1. The van der Waals surface area contributed by atoms with Gasteiger partial charge in [0.25, 0.3) is 0 Å². The maximum Gasteiger partial charge on any atom is 0.144 e. The quantitative estimate of drug-likeness (QED) is 0.741. The van der Waals surface area contributed by atoms with Gasteiger partial charge in [0.15, 0.2) is 0 Å². The Morgan fingerprint density at radius 2 is 2.12 bits per heavy atom. The molecule has 0 saturated heterocycles. The Kier molecular flexibility index (Phi) is 4.43. The second-order valence-corrected chi connectivity index (χ2v) is 4.22. The van der Waals surface area contributed by atoms with Crippen LogP contribution < -0.4 is 15.4 Å². The van der Waals surface area contributed by atoms with Crippen molar-refractivity contribution >= 4 is 11.4 Å². The molecule has 0 bridgehead atoms. The largest absolute Gasteiger partial charge is 0.491 e. The Labute approximate surface area is 96.6 Å². The molecule has 0 spiro atoms. The lowest BCUT2D eigenvalue weighted by atomic mass is 10.2. The molecule has 0 heterocycles. The topological polar surface area (TPSA) is 58.7 Å². The van der Waals surface area contributed by atoms with Gasteiger partial charge in [0.2, 0.25) is 0 Å². The standard InChI is InChI=1S/C12H20N2O2/c1-9(7-15)8-16-12-6-10(14(2)3)4-5-11(12)13/h4-6,9,15H,7-8,13H2,1-3H3. The first kappa shape index (κ1) is 12.6. The minimum atomic E-state index is 0.113. The van der Waals surface area contributed by atoms with Crippen LogP contribution in [0.2, 0.25) is 0 Å². The highest BCUT2D eigenvalue weighted by Crippen LogP contribution is 2.27. The molecule has 90 valence electrons. The van der Waals surface area contributed by atoms with E-state index in [4.69, 9.17) is 15.6 Å². The van der Waals surface area contributed by atoms with E-state index in [0.29, 0.717) is 18.0 Å². The summed E-state index contributed by atoms with van der Waals surface area (Å²) in [4.78, 5) is 1.99. The number of hydrogen-bond donors (Lipinski definition) is 2. The summed E-state index contributed by atoms with van der Waals surface area (Å²) in [5, 5.41) is 8.91. The van der Waals surface area contributed by atoms with Gasteiger partial charge in [0, 0.05) is 38.4 Å². The van der Waals surface area contributed by atoms with Crippen LogP contribution >= 0.6 is 0 Å². The van der Waals surface area contributed by atoms with Crippen molar-refractivity contribution in [2.24, 2.45) is 5.92 Å². The summed E-state index contributed by atoms with van der Waals surface area (Å²) < 4.78 is 5.57. The van der Waals surface area contributed by atoms with Gasteiger partial charge < -0.3 is 20.5 Å². The fourth-order valence-electron chi connectivity index (χ4n) is 1.21. The molecule has 0 amide bonds. The van der Waals surface area contributed by atoms with E-state index < -0.39 is 0 Å². The van der Waals surface area contributed by atoms with Crippen LogP contribution in [-0.2, 0) is 0 Å². The number of nitrogens with two attached hydrogens (primary N) is 1. The number of rotatable bonds is 5. The second kappa shape index (κ2) is 5.61. The van der Waals surface area contributed by atoms with E-state index in [1.807, 2.05) is 44.1 Å². The van der Waals surface area contributed by atoms with Crippen molar-refractivity contribution in [2.45, 2.75) is 6.92 Å². The monoisotopic (exact) mass is 224 g/mol. The Bertz CT molecular complexity index is 340. The Morgan fingerprint density at radius 3 is 2.69 bits per heavy atom. The SMILES string of the molecule is CC(CO)COc1cc(N(C)C)ccc1N. The van der Waals surface area contributed by atoms with Crippen LogP contribution in [0, 0.1) is 5.92 Å². The smallest absolute Gasteiger partial charge is 0.144 e. The van der Waals surface area contributed by atoms with Crippen LogP contribution in [0.15, 0.2) is 18.2 Å². The van der Waals surface area contributed by atoms with Crippen molar-refractivity contribution in [1.29, 1.82) is 0 Å². The van der Waals surface area contributed by atoms with E-state index in [9.17, 15) is 0 Å². The highest BCUT2D eigenvalue weighted by atomic mass is 16.5. The lowest BCUT2D eigenvalue weighted by Gasteiger charge is -2.17. The zero-order valence-electron chi connectivity index (χ0n) is 10.1. The van der Waals surface area contributed by atoms with Gasteiger partial charge >= 0.3 is 0 Å². The van der Waals surface area contributed by atoms with E-state index in [-0.39, 0.29) is 12.5 Å². The molecule has 1 atom stereocenters. The number of aliphatic hydroxyl groups is 1. The highest BCUT2D eigenvalue weighted by molar-refractivity contribution is 5.61. The summed E-state index contributed by atoms with van der Waals surface area (Å²) >= 11 is 0. The van der Waals surface area contributed by atoms with Gasteiger partial charge in [0.05, 0.1) is 12.3 Å². The molecular weight excluding hydrogens is 204 g/mol. The summed E-state index contributed by atoms with van der Waals surface area (Å²) in [6, 6.07) is 5.67. The van der Waals surface area contributed by atoms with Crippen molar-refractivity contribution < 1.29 is 9.84 Å². The lowest BCUT2D eigenvalue weighted by molar-refractivity contribution is 0.175. The summed E-state index contributed by atoms with van der Waals surface area (Å²) in [5.41, 5.74) is 7.47. The lowest BCUT2D eigenvalue weighted by Crippen LogP contribution is -2.14. The first-order chi connectivity index (χ1) is 7.54. The molecule has 0 fully saturated rings. The molecule has 1 aromatic carbocycles. The summed E-state index contributed by atoms with van der Waals surface area (Å²) in [5.74, 6) is 0.786. The number of aliphatic hydroxyl groups excluding tert-OH is 1. The fraction of sp³-hybridized carbons (Fsp3) is 0.500. The summed E-state index contributed by atoms with van der Waals surface area (Å²) in [7, 11) is 3.93. The molecular formula is C12H20N2O2. The van der Waals surface area contributed by atoms with Crippen molar-refractivity contribution in [2.75, 3.05) is 37.9 Å². The minimum Gasteiger partial charge on any atom is -0.491 e. The van der Waals surface area contributed by atoms with Crippen LogP contribution in [0.5, 0.6) is 5.75 Å². The predicted octanol–water partition coefficient (Wildman–Crippen LogP) is 1.34. The van der Waals surface area contributed by atoms with Crippen molar-refractivity contribution in [3.63, 3.8) is 0 Å². The van der Waals surface area contributed by atoms with Crippen molar-refractivity contribution in [3.8, 4) is 5.75 Å². The van der Waals surface area contributed by atoms with Crippen molar-refractivity contribution in [3.05, 3.63) is 18.2 Å². The summed E-state index contributed by atoms with van der Waals surface area (Å²) in [6.07, 6.45) is 0. The maximum absolute atomic E-state index is 8.91. The van der Waals surface area contributed by atoms with Gasteiger partial charge in [-0.1, -0.05) is 6.92 Å². The average molecular weight is 224 g/mol. The molecule has 0 aliphatic rings. The van der Waals surface area contributed by atoms with Gasteiger partial charge in [-0.05, 0) is 12.1 Å². The third-order valence-electron chi connectivity index (χ3n) is 2.35. The normalized spacial score (nSPS) is 12.2. The molecule has 0 saturated carbocycles. The predicted molar refractivity (Wildman–Crippen MR) is 66.9 cm³/mol. The molecule has 3 N–H and O–H groups in total. The molecule has 16 heavy (non-hydrogen) atoms. The highest BCUT2D eigenvalue weighted by Gasteiger charge is 2.06. The molecule has 0 aromatic heterocycles. The molecule has 4 heteroatoms. The number of anilines is 2. The van der Waals surface area contributed by atoms with Gasteiger partial charge in [0.1, 0.15) is 5.75 Å². The fourth-order valence-corrected chi connectivity index (χ4v) is 1.21. The van der Waals surface area contributed by atoms with E-state index >= 15 is 0 Å². The average Bonchev–Trinajstić information content (AvgIpc) is 2.27. The minimum absolute atomic E-state index is 0.113. The van der Waals surface area contributed by atoms with Crippen LogP contribution in [0.25, 0.3) is 0 Å². The molecule has 4 nitrogen and oxygen atoms in total. The Balaban J connectivity index is 2.74. The first-order valence-electron chi connectivity index (χ1n) is 5.35. The summed E-state index contributed by atoms with van der Waals surface area (Å²) in [6.45, 7) is 2.51. The number of benzene rings is 1. The third-order valence-corrected chi connectivity index (χ3v) is 2.35.